The SMILES string of the molecule is COCC(NC(=O)N1CCC(C(=O)O)CC1)c1ccc(C)o1. The van der Waals surface area contributed by atoms with Crippen LogP contribution in [0.15, 0.2) is 16.5 Å². The van der Waals surface area contributed by atoms with Crippen LogP contribution in [0.1, 0.15) is 30.4 Å². The van der Waals surface area contributed by atoms with Gasteiger partial charge in [0.15, 0.2) is 0 Å². The number of carboxylic acid groups (broad SMARTS) is 1. The lowest BCUT2D eigenvalue weighted by Crippen LogP contribution is -2.47. The molecule has 7 nitrogen and oxygen atoms in total. The van der Waals surface area contributed by atoms with Crippen LogP contribution < -0.4 is 5.32 Å². The van der Waals surface area contributed by atoms with Crippen LogP contribution in [0.2, 0.25) is 0 Å². The molecule has 1 aromatic heterocycles. The average Bonchev–Trinajstić information content (AvgIpc) is 2.93. The van der Waals surface area contributed by atoms with Crippen molar-refractivity contribution in [1.82, 2.24) is 10.2 Å². The number of aryl methyl sites for hydroxylation is 1. The fourth-order valence-electron chi connectivity index (χ4n) is 2.57. The molecule has 2 amide bonds. The molecular formula is C15H22N2O5. The maximum absolute atomic E-state index is 12.3. The Bertz CT molecular complexity index is 520. The molecule has 0 spiro atoms. The number of urea groups is 1. The van der Waals surface area contributed by atoms with Crippen LogP contribution in [-0.4, -0.2) is 48.8 Å². The summed E-state index contributed by atoms with van der Waals surface area (Å²) in [4.78, 5) is 24.9. The molecule has 0 saturated carbocycles. The fraction of sp³-hybridized carbons (Fsp3) is 0.600. The van der Waals surface area contributed by atoms with Gasteiger partial charge in [-0.05, 0) is 31.9 Å². The average molecular weight is 310 g/mol. The number of amides is 2. The zero-order chi connectivity index (χ0) is 16.1. The summed E-state index contributed by atoms with van der Waals surface area (Å²) in [5, 5.41) is 11.9. The largest absolute Gasteiger partial charge is 0.481 e. The van der Waals surface area contributed by atoms with Gasteiger partial charge in [-0.25, -0.2) is 4.79 Å². The molecule has 7 heteroatoms. The van der Waals surface area contributed by atoms with E-state index in [-0.39, 0.29) is 18.0 Å². The van der Waals surface area contributed by atoms with Gasteiger partial charge in [0.25, 0.3) is 0 Å². The molecule has 122 valence electrons. The molecule has 2 heterocycles. The number of nitrogens with one attached hydrogen (secondary N) is 1. The highest BCUT2D eigenvalue weighted by Crippen LogP contribution is 2.20. The normalized spacial score (nSPS) is 17.3. The van der Waals surface area contributed by atoms with Crippen LogP contribution in [0.25, 0.3) is 0 Å². The first-order valence-electron chi connectivity index (χ1n) is 7.34. The zero-order valence-electron chi connectivity index (χ0n) is 12.9. The molecule has 1 aliphatic rings. The van der Waals surface area contributed by atoms with Crippen molar-refractivity contribution in [2.75, 3.05) is 26.8 Å². The maximum atomic E-state index is 12.3. The Morgan fingerprint density at radius 3 is 2.64 bits per heavy atom. The van der Waals surface area contributed by atoms with Crippen molar-refractivity contribution in [3.05, 3.63) is 23.7 Å². The highest BCUT2D eigenvalue weighted by atomic mass is 16.5. The zero-order valence-corrected chi connectivity index (χ0v) is 12.9. The Kier molecular flexibility index (Phi) is 5.43. The summed E-state index contributed by atoms with van der Waals surface area (Å²) in [7, 11) is 1.56. The van der Waals surface area contributed by atoms with Crippen molar-refractivity contribution in [1.29, 1.82) is 0 Å². The number of carboxylic acids is 1. The van der Waals surface area contributed by atoms with E-state index in [1.807, 2.05) is 19.1 Å². The number of carbonyl (C=O) groups excluding carboxylic acids is 1. The van der Waals surface area contributed by atoms with E-state index in [0.29, 0.717) is 38.3 Å². The van der Waals surface area contributed by atoms with Gasteiger partial charge < -0.3 is 24.5 Å². The van der Waals surface area contributed by atoms with E-state index >= 15 is 0 Å². The van der Waals surface area contributed by atoms with Gasteiger partial charge in [-0.1, -0.05) is 0 Å². The van der Waals surface area contributed by atoms with Gasteiger partial charge in [-0.2, -0.15) is 0 Å². The number of ether oxygens (including phenoxy) is 1. The van der Waals surface area contributed by atoms with Crippen molar-refractivity contribution in [3.8, 4) is 0 Å². The molecule has 22 heavy (non-hydrogen) atoms. The second-order valence-electron chi connectivity index (χ2n) is 5.51. The summed E-state index contributed by atoms with van der Waals surface area (Å²) in [6.07, 6.45) is 0.967. The molecule has 2 N–H and O–H groups in total. The molecule has 0 radical (unpaired) electrons. The van der Waals surface area contributed by atoms with Gasteiger partial charge in [0, 0.05) is 20.2 Å². The molecule has 1 aromatic rings. The van der Waals surface area contributed by atoms with Crippen LogP contribution in [0, 0.1) is 12.8 Å². The molecule has 0 aliphatic carbocycles. The Morgan fingerprint density at radius 2 is 2.14 bits per heavy atom. The van der Waals surface area contributed by atoms with E-state index in [1.54, 1.807) is 12.0 Å². The first-order chi connectivity index (χ1) is 10.5. The molecule has 2 rings (SSSR count). The topological polar surface area (TPSA) is 92.0 Å². The smallest absolute Gasteiger partial charge is 0.318 e. The number of hydrogen-bond acceptors (Lipinski definition) is 4. The molecule has 1 aliphatic heterocycles. The van der Waals surface area contributed by atoms with E-state index in [1.165, 1.54) is 0 Å². The third-order valence-corrected chi connectivity index (χ3v) is 3.87. The summed E-state index contributed by atoms with van der Waals surface area (Å²) < 4.78 is 10.7. The van der Waals surface area contributed by atoms with Crippen LogP contribution in [0.5, 0.6) is 0 Å². The third kappa shape index (κ3) is 4.00. The van der Waals surface area contributed by atoms with E-state index in [2.05, 4.69) is 5.32 Å². The number of rotatable bonds is 5. The van der Waals surface area contributed by atoms with Crippen molar-refractivity contribution in [2.24, 2.45) is 5.92 Å². The number of piperidine rings is 1. The fourth-order valence-corrected chi connectivity index (χ4v) is 2.57. The molecule has 1 saturated heterocycles. The molecular weight excluding hydrogens is 288 g/mol. The standard InChI is InChI=1S/C15H22N2O5/c1-10-3-4-13(22-10)12(9-21-2)16-15(20)17-7-5-11(6-8-17)14(18)19/h3-4,11-12H,5-9H2,1-2H3,(H,16,20)(H,18,19). The van der Waals surface area contributed by atoms with Gasteiger partial charge in [-0.3, -0.25) is 4.79 Å². The number of nitrogens with zero attached hydrogens (tertiary/aromatic N) is 1. The van der Waals surface area contributed by atoms with Crippen molar-refractivity contribution >= 4 is 12.0 Å². The summed E-state index contributed by atoms with van der Waals surface area (Å²) in [6.45, 7) is 3.04. The second-order valence-corrected chi connectivity index (χ2v) is 5.51. The lowest BCUT2D eigenvalue weighted by molar-refractivity contribution is -0.143. The van der Waals surface area contributed by atoms with Gasteiger partial charge in [-0.15, -0.1) is 0 Å². The van der Waals surface area contributed by atoms with E-state index in [0.717, 1.165) is 5.76 Å². The summed E-state index contributed by atoms with van der Waals surface area (Å²) in [5.74, 6) is 0.274. The molecule has 1 fully saturated rings. The maximum Gasteiger partial charge on any atom is 0.318 e. The second kappa shape index (κ2) is 7.31. The van der Waals surface area contributed by atoms with Crippen molar-refractivity contribution < 1.29 is 23.8 Å². The van der Waals surface area contributed by atoms with Gasteiger partial charge in [0.1, 0.15) is 17.6 Å². The number of methoxy groups -OCH3 is 1. The van der Waals surface area contributed by atoms with Crippen molar-refractivity contribution in [2.45, 2.75) is 25.8 Å². The van der Waals surface area contributed by atoms with E-state index in [4.69, 9.17) is 14.3 Å². The highest BCUT2D eigenvalue weighted by Gasteiger charge is 2.28. The van der Waals surface area contributed by atoms with E-state index in [9.17, 15) is 9.59 Å². The monoisotopic (exact) mass is 310 g/mol. The predicted molar refractivity (Wildman–Crippen MR) is 78.5 cm³/mol. The molecule has 0 aromatic carbocycles. The van der Waals surface area contributed by atoms with Crippen LogP contribution >= 0.6 is 0 Å². The Hall–Kier alpha value is -2.02. The molecule has 1 unspecified atom stereocenters. The molecule has 1 atom stereocenters. The van der Waals surface area contributed by atoms with Crippen LogP contribution in [0.3, 0.4) is 0 Å². The highest BCUT2D eigenvalue weighted by molar-refractivity contribution is 5.75. The van der Waals surface area contributed by atoms with Crippen molar-refractivity contribution in [3.63, 3.8) is 0 Å². The van der Waals surface area contributed by atoms with Crippen LogP contribution in [-0.2, 0) is 9.53 Å². The number of likely N-dealkylation sites (tertiary alicyclic amines) is 1. The van der Waals surface area contributed by atoms with Gasteiger partial charge in [0.2, 0.25) is 0 Å². The predicted octanol–water partition coefficient (Wildman–Crippen LogP) is 1.78. The number of aliphatic carboxylic acids is 1. The Morgan fingerprint density at radius 1 is 1.45 bits per heavy atom. The minimum absolute atomic E-state index is 0.222. The lowest BCUT2D eigenvalue weighted by Gasteiger charge is -2.31. The number of carbonyl (C=O) groups is 2. The van der Waals surface area contributed by atoms with Gasteiger partial charge >= 0.3 is 12.0 Å². The van der Waals surface area contributed by atoms with Gasteiger partial charge in [0.05, 0.1) is 12.5 Å². The lowest BCUT2D eigenvalue weighted by atomic mass is 9.97. The number of furan rings is 1. The summed E-state index contributed by atoms with van der Waals surface area (Å²) in [5.41, 5.74) is 0. The minimum Gasteiger partial charge on any atom is -0.481 e. The Labute approximate surface area is 129 Å². The summed E-state index contributed by atoms with van der Waals surface area (Å²) >= 11 is 0. The van der Waals surface area contributed by atoms with E-state index < -0.39 is 5.97 Å². The quantitative estimate of drug-likeness (QED) is 0.865. The van der Waals surface area contributed by atoms with Crippen LogP contribution in [0.4, 0.5) is 4.79 Å². The third-order valence-electron chi connectivity index (χ3n) is 3.87. The first kappa shape index (κ1) is 16.4. The minimum atomic E-state index is -0.789. The number of hydrogen-bond donors (Lipinski definition) is 2. The molecule has 0 bridgehead atoms. The first-order valence-corrected chi connectivity index (χ1v) is 7.34. The summed E-state index contributed by atoms with van der Waals surface area (Å²) in [6, 6.07) is 3.07. The Balaban J connectivity index is 1.93.